The molecular weight excluding hydrogens is 244 g/mol. The number of rotatable bonds is 5. The Balaban J connectivity index is 2.37. The summed E-state index contributed by atoms with van der Waals surface area (Å²) in [5.74, 6) is 0.725. The molecule has 0 heterocycles. The van der Waals surface area contributed by atoms with Crippen LogP contribution < -0.4 is 10.6 Å². The smallest absolute Gasteiger partial charge is 0.0552 e. The van der Waals surface area contributed by atoms with Gasteiger partial charge in [0, 0.05) is 18.8 Å². The van der Waals surface area contributed by atoms with Crippen LogP contribution >= 0.6 is 0 Å². The molecule has 2 rings (SSSR count). The van der Waals surface area contributed by atoms with Gasteiger partial charge in [-0.1, -0.05) is 43.9 Å². The standard InChI is InChI=1S/C18H30N2/c1-4-16-8-6-7-13-18(16,14-19)20(5-2)17-11-9-15(3)10-12-17/h9-12,16H,4-8,13-14,19H2,1-3H3. The van der Waals surface area contributed by atoms with Gasteiger partial charge in [-0.25, -0.2) is 0 Å². The molecule has 0 saturated heterocycles. The molecule has 2 atom stereocenters. The van der Waals surface area contributed by atoms with E-state index in [4.69, 9.17) is 5.73 Å². The lowest BCUT2D eigenvalue weighted by atomic mass is 9.70. The summed E-state index contributed by atoms with van der Waals surface area (Å²) in [6.07, 6.45) is 6.49. The Hall–Kier alpha value is -1.02. The fraction of sp³-hybridized carbons (Fsp3) is 0.667. The monoisotopic (exact) mass is 274 g/mol. The SMILES string of the molecule is CCC1CCCCC1(CN)N(CC)c1ccc(C)cc1. The maximum atomic E-state index is 6.31. The van der Waals surface area contributed by atoms with Crippen LogP contribution in [0.1, 0.15) is 51.5 Å². The summed E-state index contributed by atoms with van der Waals surface area (Å²) in [7, 11) is 0. The van der Waals surface area contributed by atoms with Crippen molar-refractivity contribution in [2.75, 3.05) is 18.0 Å². The van der Waals surface area contributed by atoms with Crippen LogP contribution in [0, 0.1) is 12.8 Å². The molecule has 1 aliphatic carbocycles. The number of hydrogen-bond donors (Lipinski definition) is 1. The first kappa shape index (κ1) is 15.4. The Bertz CT molecular complexity index is 412. The first-order valence-corrected chi connectivity index (χ1v) is 8.22. The molecule has 2 heteroatoms. The third-order valence-corrected chi connectivity index (χ3v) is 5.22. The minimum absolute atomic E-state index is 0.164. The second-order valence-corrected chi connectivity index (χ2v) is 6.24. The molecule has 1 saturated carbocycles. The van der Waals surface area contributed by atoms with Crippen LogP contribution in [0.15, 0.2) is 24.3 Å². The zero-order valence-corrected chi connectivity index (χ0v) is 13.4. The summed E-state index contributed by atoms with van der Waals surface area (Å²) in [5, 5.41) is 0. The lowest BCUT2D eigenvalue weighted by molar-refractivity contribution is 0.177. The third-order valence-electron chi connectivity index (χ3n) is 5.22. The minimum Gasteiger partial charge on any atom is -0.365 e. The number of benzene rings is 1. The van der Waals surface area contributed by atoms with Crippen LogP contribution in [0.4, 0.5) is 5.69 Å². The molecule has 1 aliphatic rings. The quantitative estimate of drug-likeness (QED) is 0.875. The van der Waals surface area contributed by atoms with Gasteiger partial charge in [0.2, 0.25) is 0 Å². The first-order valence-electron chi connectivity index (χ1n) is 8.22. The highest BCUT2D eigenvalue weighted by Crippen LogP contribution is 2.41. The van der Waals surface area contributed by atoms with E-state index in [-0.39, 0.29) is 5.54 Å². The summed E-state index contributed by atoms with van der Waals surface area (Å²) in [6, 6.07) is 8.95. The predicted molar refractivity (Wildman–Crippen MR) is 88.2 cm³/mol. The van der Waals surface area contributed by atoms with E-state index in [0.29, 0.717) is 0 Å². The predicted octanol–water partition coefficient (Wildman–Crippen LogP) is 4.12. The van der Waals surface area contributed by atoms with E-state index in [9.17, 15) is 0 Å². The Labute approximate surface area is 124 Å². The number of likely N-dealkylation sites (N-methyl/N-ethyl adjacent to an activating group) is 1. The second kappa shape index (κ2) is 6.62. The van der Waals surface area contributed by atoms with Crippen molar-refractivity contribution in [3.05, 3.63) is 29.8 Å². The van der Waals surface area contributed by atoms with Gasteiger partial charge in [-0.2, -0.15) is 0 Å². The van der Waals surface area contributed by atoms with Gasteiger partial charge >= 0.3 is 0 Å². The van der Waals surface area contributed by atoms with Crippen molar-refractivity contribution in [2.45, 2.75) is 58.4 Å². The minimum atomic E-state index is 0.164. The third kappa shape index (κ3) is 2.71. The average Bonchev–Trinajstić information content (AvgIpc) is 2.50. The molecule has 20 heavy (non-hydrogen) atoms. The van der Waals surface area contributed by atoms with Crippen LogP contribution in [0.2, 0.25) is 0 Å². The van der Waals surface area contributed by atoms with Gasteiger partial charge < -0.3 is 10.6 Å². The Morgan fingerprint density at radius 2 is 1.90 bits per heavy atom. The molecule has 0 bridgehead atoms. The molecule has 0 aromatic heterocycles. The van der Waals surface area contributed by atoms with Crippen LogP contribution in [0.3, 0.4) is 0 Å². The van der Waals surface area contributed by atoms with Crippen molar-refractivity contribution in [2.24, 2.45) is 11.7 Å². The molecule has 0 aliphatic heterocycles. The molecule has 2 nitrogen and oxygen atoms in total. The van der Waals surface area contributed by atoms with Crippen LogP contribution in [-0.4, -0.2) is 18.6 Å². The van der Waals surface area contributed by atoms with Gasteiger partial charge in [0.1, 0.15) is 0 Å². The lowest BCUT2D eigenvalue weighted by Crippen LogP contribution is -2.60. The topological polar surface area (TPSA) is 29.3 Å². The van der Waals surface area contributed by atoms with Gasteiger partial charge in [-0.05, 0) is 44.7 Å². The van der Waals surface area contributed by atoms with Gasteiger partial charge in [-0.15, -0.1) is 0 Å². The Morgan fingerprint density at radius 3 is 2.45 bits per heavy atom. The maximum Gasteiger partial charge on any atom is 0.0552 e. The highest BCUT2D eigenvalue weighted by atomic mass is 15.2. The number of aryl methyl sites for hydroxylation is 1. The molecule has 1 aromatic rings. The largest absolute Gasteiger partial charge is 0.365 e. The van der Waals surface area contributed by atoms with Gasteiger partial charge in [-0.3, -0.25) is 0 Å². The van der Waals surface area contributed by atoms with Crippen molar-refractivity contribution in [1.29, 1.82) is 0 Å². The van der Waals surface area contributed by atoms with Gasteiger partial charge in [0.25, 0.3) is 0 Å². The van der Waals surface area contributed by atoms with Crippen molar-refractivity contribution in [1.82, 2.24) is 0 Å². The van der Waals surface area contributed by atoms with Gasteiger partial charge in [0.05, 0.1) is 5.54 Å². The van der Waals surface area contributed by atoms with Crippen LogP contribution in [0.25, 0.3) is 0 Å². The van der Waals surface area contributed by atoms with E-state index < -0.39 is 0 Å². The number of anilines is 1. The Kier molecular flexibility index (Phi) is 5.09. The molecule has 0 amide bonds. The van der Waals surface area contributed by atoms with E-state index in [1.807, 2.05) is 0 Å². The number of nitrogens with zero attached hydrogens (tertiary/aromatic N) is 1. The highest BCUT2D eigenvalue weighted by Gasteiger charge is 2.43. The average molecular weight is 274 g/mol. The molecule has 1 fully saturated rings. The molecule has 1 aromatic carbocycles. The molecule has 112 valence electrons. The van der Waals surface area contributed by atoms with Crippen molar-refractivity contribution >= 4 is 5.69 Å². The summed E-state index contributed by atoms with van der Waals surface area (Å²) >= 11 is 0. The van der Waals surface area contributed by atoms with E-state index >= 15 is 0 Å². The van der Waals surface area contributed by atoms with E-state index in [1.54, 1.807) is 0 Å². The highest BCUT2D eigenvalue weighted by molar-refractivity contribution is 5.50. The zero-order valence-electron chi connectivity index (χ0n) is 13.4. The van der Waals surface area contributed by atoms with Crippen LogP contribution in [0.5, 0.6) is 0 Å². The molecule has 0 radical (unpaired) electrons. The maximum absolute atomic E-state index is 6.31. The number of nitrogens with two attached hydrogens (primary N) is 1. The summed E-state index contributed by atoms with van der Waals surface area (Å²) in [5.41, 5.74) is 9.13. The van der Waals surface area contributed by atoms with Crippen molar-refractivity contribution in [3.63, 3.8) is 0 Å². The van der Waals surface area contributed by atoms with Crippen molar-refractivity contribution in [3.8, 4) is 0 Å². The molecule has 2 N–H and O–H groups in total. The summed E-state index contributed by atoms with van der Waals surface area (Å²) in [4.78, 5) is 2.58. The fourth-order valence-electron chi connectivity index (χ4n) is 4.09. The van der Waals surface area contributed by atoms with E-state index in [2.05, 4.69) is 49.9 Å². The number of hydrogen-bond acceptors (Lipinski definition) is 2. The lowest BCUT2D eigenvalue weighted by Gasteiger charge is -2.52. The van der Waals surface area contributed by atoms with Gasteiger partial charge in [0.15, 0.2) is 0 Å². The first-order chi connectivity index (χ1) is 9.67. The second-order valence-electron chi connectivity index (χ2n) is 6.24. The molecule has 2 unspecified atom stereocenters. The fourth-order valence-corrected chi connectivity index (χ4v) is 4.09. The summed E-state index contributed by atoms with van der Waals surface area (Å²) in [6.45, 7) is 8.54. The van der Waals surface area contributed by atoms with E-state index in [0.717, 1.165) is 19.0 Å². The molecular formula is C18H30N2. The van der Waals surface area contributed by atoms with Crippen LogP contribution in [-0.2, 0) is 0 Å². The van der Waals surface area contributed by atoms with E-state index in [1.165, 1.54) is 43.4 Å². The zero-order chi connectivity index (χ0) is 14.6. The van der Waals surface area contributed by atoms with Crippen molar-refractivity contribution < 1.29 is 0 Å². The molecule has 0 spiro atoms. The Morgan fingerprint density at radius 1 is 1.20 bits per heavy atom. The summed E-state index contributed by atoms with van der Waals surface area (Å²) < 4.78 is 0. The normalized spacial score (nSPS) is 26.5.